The lowest BCUT2D eigenvalue weighted by Crippen LogP contribution is -2.47. The molecule has 4 unspecified atom stereocenters. The van der Waals surface area contributed by atoms with Crippen molar-refractivity contribution >= 4 is 88.8 Å². The number of hydrogen-bond donors (Lipinski definition) is 8. The van der Waals surface area contributed by atoms with Crippen LogP contribution in [0.1, 0.15) is 224 Å². The number of alkyl halides is 5. The highest BCUT2D eigenvalue weighted by molar-refractivity contribution is 7.52. The second-order valence-corrected chi connectivity index (χ2v) is 45.0. The summed E-state index contributed by atoms with van der Waals surface area (Å²) in [6.45, 7) is 23.3. The fraction of sp³-hybridized carbons (Fsp3) is 0.671. The lowest BCUT2D eigenvalue weighted by Gasteiger charge is -2.35. The molecular formula is C85H120F5N25O26P4. The summed E-state index contributed by atoms with van der Waals surface area (Å²) in [5.41, 5.74) is 6.36. The van der Waals surface area contributed by atoms with E-state index in [9.17, 15) is 47.0 Å². The molecule has 51 nitrogen and oxygen atoms in total. The molecule has 10 fully saturated rings. The summed E-state index contributed by atoms with van der Waals surface area (Å²) in [6, 6.07) is -2.90. The molecule has 10 N–H and O–H groups in total. The van der Waals surface area contributed by atoms with E-state index >= 15 is 17.6 Å². The van der Waals surface area contributed by atoms with Crippen LogP contribution in [0.15, 0.2) is 62.6 Å². The van der Waals surface area contributed by atoms with Gasteiger partial charge in [-0.25, -0.2) is 128 Å². The van der Waals surface area contributed by atoms with Crippen molar-refractivity contribution < 1.29 is 144 Å². The number of nitrogens with two attached hydrogens (primary N) is 2. The van der Waals surface area contributed by atoms with Gasteiger partial charge < -0.3 is 64.5 Å². The first-order chi connectivity index (χ1) is 67.9. The number of halogens is 5. The molecular weight excluding hydrogens is 2010 g/mol. The van der Waals surface area contributed by atoms with E-state index in [0.29, 0.717) is 62.5 Å². The van der Waals surface area contributed by atoms with Crippen molar-refractivity contribution in [1.29, 1.82) is 0 Å². The first-order valence-corrected chi connectivity index (χ1v) is 52.7. The lowest BCUT2D eigenvalue weighted by molar-refractivity contribution is -0.151. The minimum absolute atomic E-state index is 0. The smallest absolute Gasteiger partial charge is 0.465 e. The van der Waals surface area contributed by atoms with Gasteiger partial charge in [-0.3, -0.25) is 50.6 Å². The van der Waals surface area contributed by atoms with E-state index in [1.54, 1.807) is 20.8 Å². The van der Waals surface area contributed by atoms with Crippen molar-refractivity contribution in [2.24, 2.45) is 5.41 Å². The number of hydrogen-bond acceptors (Lipinski definition) is 42. The average molecular weight is 2130 g/mol. The zero-order chi connectivity index (χ0) is 104. The third-order valence-electron chi connectivity index (χ3n) is 25.9. The summed E-state index contributed by atoms with van der Waals surface area (Å²) in [6.07, 6.45) is 6.29. The van der Waals surface area contributed by atoms with E-state index < -0.39 is 194 Å². The minimum Gasteiger partial charge on any atom is -0.465 e. The third kappa shape index (κ3) is 22.6. The predicted molar refractivity (Wildman–Crippen MR) is 495 cm³/mol. The summed E-state index contributed by atoms with van der Waals surface area (Å²) in [4.78, 5) is 87.2. The van der Waals surface area contributed by atoms with E-state index in [1.807, 2.05) is 20.8 Å². The number of aromatic nitrogens is 20. The highest BCUT2D eigenvalue weighted by Gasteiger charge is 2.67. The summed E-state index contributed by atoms with van der Waals surface area (Å²) in [5.74, 6) is -1.44. The molecule has 10 aromatic rings. The van der Waals surface area contributed by atoms with Crippen molar-refractivity contribution in [1.82, 2.24) is 113 Å². The van der Waals surface area contributed by atoms with Crippen molar-refractivity contribution in [3.05, 3.63) is 108 Å². The molecule has 0 bridgehead atoms. The van der Waals surface area contributed by atoms with E-state index in [2.05, 4.69) is 102 Å². The molecule has 60 heteroatoms. The number of esters is 3. The monoisotopic (exact) mass is 2130 g/mol. The number of nitrogens with zero attached hydrogens (tertiary/aromatic N) is 20. The Balaban J connectivity index is 0.000000138. The first kappa shape index (κ1) is 110. The number of carbonyl (C=O) groups excluding carboxylic acids is 3. The number of aryl methyl sites for hydroxylation is 3. The van der Waals surface area contributed by atoms with E-state index in [1.165, 1.54) is 141 Å². The summed E-state index contributed by atoms with van der Waals surface area (Å²) in [7, 11) is -16.3. The molecule has 19 heterocycles. The highest BCUT2D eigenvalue weighted by Crippen LogP contribution is 2.63. The van der Waals surface area contributed by atoms with Gasteiger partial charge >= 0.3 is 49.0 Å². The molecule has 0 amide bonds. The van der Waals surface area contributed by atoms with Crippen molar-refractivity contribution in [3.63, 3.8) is 0 Å². The quantitative estimate of drug-likeness (QED) is 0.00972. The number of phosphoric ester groups is 1. The van der Waals surface area contributed by atoms with E-state index in [4.69, 9.17) is 86.1 Å². The van der Waals surface area contributed by atoms with Gasteiger partial charge in [0.1, 0.15) is 147 Å². The maximum Gasteiger partial charge on any atom is 0.472 e. The van der Waals surface area contributed by atoms with Crippen LogP contribution in [-0.4, -0.2) is 291 Å². The first-order valence-electron chi connectivity index (χ1n) is 46.6. The average Bonchev–Trinajstić information content (AvgIpc) is 1.57. The van der Waals surface area contributed by atoms with Crippen molar-refractivity contribution in [2.75, 3.05) is 57.7 Å². The number of unbranched alkanes of at least 4 members (excludes halogenated alkanes) is 4. The Labute approximate surface area is 826 Å². The van der Waals surface area contributed by atoms with Gasteiger partial charge in [-0.1, -0.05) is 60.8 Å². The molecule has 0 aromatic carbocycles. The van der Waals surface area contributed by atoms with Crippen LogP contribution >= 0.6 is 31.1 Å². The molecule has 0 spiro atoms. The second kappa shape index (κ2) is 42.9. The fourth-order valence-electron chi connectivity index (χ4n) is 18.2. The van der Waals surface area contributed by atoms with Crippen LogP contribution in [-0.2, 0) is 107 Å². The van der Waals surface area contributed by atoms with Crippen LogP contribution < -0.4 is 26.7 Å². The van der Waals surface area contributed by atoms with Gasteiger partial charge in [0.2, 0.25) is 0 Å². The van der Waals surface area contributed by atoms with Crippen molar-refractivity contribution in [2.45, 2.75) is 313 Å². The number of fused-ring (bicyclic) bond motifs is 9. The largest absolute Gasteiger partial charge is 0.472 e. The Morgan fingerprint density at radius 1 is 0.469 bits per heavy atom. The van der Waals surface area contributed by atoms with Gasteiger partial charge in [0.05, 0.1) is 123 Å². The number of aliphatic hydroxyl groups is 2. The van der Waals surface area contributed by atoms with Crippen molar-refractivity contribution in [3.8, 4) is 0 Å². The number of ether oxygens (including phenoxy) is 8. The number of imidazole rings is 5. The molecule has 145 heavy (non-hydrogen) atoms. The van der Waals surface area contributed by atoms with Crippen LogP contribution in [0.25, 0.3) is 28.2 Å². The number of phosphoric acid groups is 1. The zero-order valence-corrected chi connectivity index (χ0v) is 84.6. The topological polar surface area (TPSA) is 631 Å². The van der Waals surface area contributed by atoms with Gasteiger partial charge in [-0.15, -0.1) is 0 Å². The Morgan fingerprint density at radius 2 is 0.786 bits per heavy atom. The molecule has 796 valence electrons. The van der Waals surface area contributed by atoms with Gasteiger partial charge in [-0.2, -0.15) is 25.5 Å². The molecule has 27 atom stereocenters. The highest BCUT2D eigenvalue weighted by atomic mass is 31.2. The van der Waals surface area contributed by atoms with Crippen LogP contribution in [0.2, 0.25) is 0 Å². The maximum absolute atomic E-state index is 16.1. The van der Waals surface area contributed by atoms with Crippen LogP contribution in [0.5, 0.6) is 0 Å². The number of rotatable bonds is 23. The molecule has 9 aliphatic heterocycles. The van der Waals surface area contributed by atoms with E-state index in [-0.39, 0.29) is 81.5 Å². The van der Waals surface area contributed by atoms with Gasteiger partial charge in [0, 0.05) is 0 Å². The number of anilines is 2. The number of nitrogens with one attached hydrogen (secondary N) is 3. The second-order valence-electron chi connectivity index (χ2n) is 38.5. The Kier molecular flexibility index (Phi) is 32.5. The molecule has 10 aromatic heterocycles. The van der Waals surface area contributed by atoms with Crippen LogP contribution in [0.3, 0.4) is 0 Å². The SMILES string of the molecule is C.CCCCCCCOC(=O)[C@H](C)NP1(=O)OC[C@H]2O[C@@H](c3cnc4c(C)ncnn34)[C@](C)(F)[C@@H]2O1.C[C@@]1(F)[C@@H]2OP(=O)(O)OC[C@H]2O[C@H]1c1cnc2c(N)ncnn12.C[C@@]1(F)[C@H](O)[C@@H](CO)O[C@H]1c1cnc2c(N)ncnn12.Cc1ncnn2c([C@@H]3O[C@@H]4COP(=O)(N[C@@H](C)C(=O)OC5CCCC5)O[C@H]4[C@@]3(C)F)cnc12.Cc1ncnn2c([C@@H]3O[C@@H]4COP(=O)(N[C@@H](C)C(=O)OCC(C)(C)C)O[C@H]4[C@@]3(C)F)cnc12. The normalized spacial score (nSPS) is 34.3. The zero-order valence-electron chi connectivity index (χ0n) is 81.1. The van der Waals surface area contributed by atoms with Gasteiger partial charge in [0.25, 0.3) is 0 Å². The fourth-order valence-corrected chi connectivity index (χ4v) is 24.5. The molecule has 1 aliphatic carbocycles. The summed E-state index contributed by atoms with van der Waals surface area (Å²) >= 11 is 0. The molecule has 20 rings (SSSR count). The summed E-state index contributed by atoms with van der Waals surface area (Å²) in [5, 5.41) is 47.1. The molecule has 9 saturated heterocycles. The van der Waals surface area contributed by atoms with Crippen LogP contribution in [0, 0.1) is 26.2 Å². The standard InChI is InChI=1S/C22H33FN5O6P.C20H27FN5O6P.C20H29FN5O6P.C11H13FN5O5P.C11H14FN5O3.CH4/c1-5-6-7-8-9-10-31-21(29)15(3)27-35(30)32-12-17-19(34-35)22(4,23)18(33-17)16-11-24-20-14(2)25-13-26-28(16)20;1-11-18-22-8-14(26(18)24-10-23-11)16-20(3,21)17-15(31-16)9-29-33(28,32-17)25-12(2)19(27)30-13-6-4-5-7-13;1-11-17-22-7-13(26(17)24-10-23-11)15-20(6,21)16-14(31-15)8-30-33(28,32-16)25-12(2)18(27)29-9-19(3,4)5;1-11(12)7(21-6-3-20-23(18,19)22-8(6)11)5-2-14-10-9(13)15-4-16-17(5)10;1-11(12)7(19)6(3-18)20-8(11)5-2-14-10-9(13)15-4-16-17(5)10;/h11,13,15,17-19H,5-10,12H2,1-4H3,(H,27,30);8,10,12-13,15-17H,4-7,9H2,1-3H3,(H,25,28);7,10,12,14-16H,8-9H2,1-6H3,(H,25,28);2,4,6-8H,3H2,1H3,(H,18,19)(H2,13,15,16);2,4,6-8,18-19H,3H2,1H3,(H2,13,15,16);1H4/t15-,17+,18-,19+,22-,35?;12-,15+,16-,17+,20-,33?;12-,14+,15-,16+,20-,33?;6-,7+,8-,11+;6-,7-,8+,11-;/m00011./s1. The predicted octanol–water partition coefficient (Wildman–Crippen LogP) is 9.15. The Morgan fingerprint density at radius 3 is 1.14 bits per heavy atom. The minimum atomic E-state index is -4.28. The Bertz CT molecular complexity index is 6540. The lowest BCUT2D eigenvalue weighted by atomic mass is 9.93. The maximum atomic E-state index is 16.1. The molecule has 10 aliphatic rings. The van der Waals surface area contributed by atoms with E-state index in [0.717, 1.165) is 57.8 Å². The van der Waals surface area contributed by atoms with Crippen LogP contribution in [0.4, 0.5) is 33.6 Å². The number of aliphatic hydroxyl groups excluding tert-OH is 2. The number of carbonyl (C=O) groups is 3. The third-order valence-corrected chi connectivity index (χ3v) is 31.9. The number of nitrogen functional groups attached to an aromatic ring is 2. The van der Waals surface area contributed by atoms with Gasteiger partial charge in [0.15, 0.2) is 68.2 Å². The molecule has 0 radical (unpaired) electrons. The van der Waals surface area contributed by atoms with Gasteiger partial charge in [-0.05, 0) is 114 Å². The molecule has 1 saturated carbocycles. The summed E-state index contributed by atoms with van der Waals surface area (Å²) < 4.78 is 224. The Hall–Kier alpha value is -9.43.